The van der Waals surface area contributed by atoms with Gasteiger partial charge >= 0.3 is 0 Å². The van der Waals surface area contributed by atoms with Gasteiger partial charge in [0.1, 0.15) is 23.7 Å². The molecule has 0 radical (unpaired) electrons. The molecule has 3 amide bonds. The Morgan fingerprint density at radius 2 is 1.63 bits per heavy atom. The molecule has 3 aromatic carbocycles. The molecule has 5 atom stereocenters. The van der Waals surface area contributed by atoms with Gasteiger partial charge in [-0.05, 0) is 62.8 Å². The van der Waals surface area contributed by atoms with Crippen LogP contribution in [0.25, 0.3) is 22.3 Å². The second kappa shape index (κ2) is 14.8. The van der Waals surface area contributed by atoms with E-state index in [1.807, 2.05) is 97.1 Å². The largest absolute Gasteiger partial charge is 0.472 e. The molecular weight excluding hydrogens is 705 g/mol. The standard InChI is InChI=1S/C41H44N6O6S/c48-37-35-24-30(53-38-32-19-12-13-20-33(32)43-36(44-38)27-14-6-4-7-15-27)26-47(35)39(49)34(42-29-17-9-5-10-18-29)21-11-3-1-2-8-16-28-25-41(28,45-37)40(50)46-54(51,52)31-22-23-31/h4-10,12-20,28,30-31,34-35,42H,1-3,11,21-26H2,(H,45,48)(H,46,50)/b16-8-/t28-,30-,34+,35+,41-/m1/s1. The van der Waals surface area contributed by atoms with Crippen LogP contribution in [0.5, 0.6) is 5.88 Å². The monoisotopic (exact) mass is 748 g/mol. The predicted molar refractivity (Wildman–Crippen MR) is 205 cm³/mol. The number of fused-ring (bicyclic) bond motifs is 3. The van der Waals surface area contributed by atoms with Crippen molar-refractivity contribution >= 4 is 44.3 Å². The lowest BCUT2D eigenvalue weighted by Gasteiger charge is -2.30. The summed E-state index contributed by atoms with van der Waals surface area (Å²) in [6, 6.07) is 25.0. The quantitative estimate of drug-likeness (QED) is 0.208. The number of hydrogen-bond acceptors (Lipinski definition) is 9. The first kappa shape index (κ1) is 35.7. The smallest absolute Gasteiger partial charge is 0.259 e. The predicted octanol–water partition coefficient (Wildman–Crippen LogP) is 5.13. The molecule has 13 heteroatoms. The summed E-state index contributed by atoms with van der Waals surface area (Å²) in [5.74, 6) is -1.08. The van der Waals surface area contributed by atoms with Gasteiger partial charge in [-0.2, -0.15) is 4.98 Å². The Morgan fingerprint density at radius 3 is 2.41 bits per heavy atom. The third kappa shape index (κ3) is 7.54. The van der Waals surface area contributed by atoms with Crippen molar-refractivity contribution in [3.05, 3.63) is 97.1 Å². The van der Waals surface area contributed by atoms with Crippen molar-refractivity contribution in [2.24, 2.45) is 5.92 Å². The van der Waals surface area contributed by atoms with Crippen molar-refractivity contribution < 1.29 is 27.5 Å². The Hall–Kier alpha value is -5.30. The van der Waals surface area contributed by atoms with Crippen LogP contribution < -0.4 is 20.1 Å². The first-order chi connectivity index (χ1) is 26.2. The number of amides is 3. The normalized spacial score (nSPS) is 26.7. The summed E-state index contributed by atoms with van der Waals surface area (Å²) >= 11 is 0. The average molecular weight is 749 g/mol. The van der Waals surface area contributed by atoms with E-state index in [0.29, 0.717) is 41.9 Å². The summed E-state index contributed by atoms with van der Waals surface area (Å²) in [6.07, 6.45) is 8.57. The minimum atomic E-state index is -3.86. The molecule has 54 heavy (non-hydrogen) atoms. The van der Waals surface area contributed by atoms with Gasteiger partial charge in [-0.3, -0.25) is 19.1 Å². The summed E-state index contributed by atoms with van der Waals surface area (Å²) in [4.78, 5) is 54.1. The van der Waals surface area contributed by atoms with Gasteiger partial charge in [0, 0.05) is 23.6 Å². The van der Waals surface area contributed by atoms with Gasteiger partial charge in [0.25, 0.3) is 5.91 Å². The minimum Gasteiger partial charge on any atom is -0.472 e. The molecule has 1 aromatic heterocycles. The van der Waals surface area contributed by atoms with E-state index in [0.717, 1.165) is 36.9 Å². The number of para-hydroxylation sites is 2. The van der Waals surface area contributed by atoms with Gasteiger partial charge < -0.3 is 20.3 Å². The summed E-state index contributed by atoms with van der Waals surface area (Å²) in [5.41, 5.74) is 0.853. The van der Waals surface area contributed by atoms with E-state index in [2.05, 4.69) is 15.4 Å². The Balaban J connectivity index is 1.12. The number of benzene rings is 3. The SMILES string of the molecule is O=C1N[C@]2(C(=O)NS(=O)(=O)C3CC3)C[C@H]2/C=C\CCCCC[C@H](Nc2ccccc2)C(=O)N2C[C@H](Oc3nc(-c4ccccc4)nc4ccccc34)C[C@@H]12. The summed E-state index contributed by atoms with van der Waals surface area (Å²) < 4.78 is 34.7. The van der Waals surface area contributed by atoms with E-state index in [1.54, 1.807) is 4.90 Å². The molecule has 3 fully saturated rings. The fourth-order valence-electron chi connectivity index (χ4n) is 7.59. The molecular formula is C41H44N6O6S. The molecule has 1 saturated heterocycles. The molecule has 4 aromatic rings. The number of allylic oxidation sites excluding steroid dienone is 1. The maximum atomic E-state index is 14.7. The number of ether oxygens (including phenoxy) is 1. The van der Waals surface area contributed by atoms with Gasteiger partial charge in [-0.1, -0.05) is 85.7 Å². The van der Waals surface area contributed by atoms with Gasteiger partial charge in [0.2, 0.25) is 27.7 Å². The molecule has 4 aliphatic rings. The van der Waals surface area contributed by atoms with Crippen LogP contribution in [0, 0.1) is 5.92 Å². The number of carbonyl (C=O) groups is 3. The highest BCUT2D eigenvalue weighted by Crippen LogP contribution is 2.46. The highest BCUT2D eigenvalue weighted by atomic mass is 32.2. The number of nitrogens with zero attached hydrogens (tertiary/aromatic N) is 3. The van der Waals surface area contributed by atoms with Crippen molar-refractivity contribution in [2.45, 2.75) is 86.8 Å². The Kier molecular flexibility index (Phi) is 9.82. The number of hydrogen-bond donors (Lipinski definition) is 3. The summed E-state index contributed by atoms with van der Waals surface area (Å²) in [6.45, 7) is 0.0987. The Labute approximate surface area is 314 Å². The molecule has 0 bridgehead atoms. The van der Waals surface area contributed by atoms with Crippen LogP contribution >= 0.6 is 0 Å². The highest BCUT2D eigenvalue weighted by Gasteiger charge is 2.62. The second-order valence-electron chi connectivity index (χ2n) is 14.8. The maximum absolute atomic E-state index is 14.7. The number of aromatic nitrogens is 2. The van der Waals surface area contributed by atoms with Gasteiger partial charge in [-0.15, -0.1) is 0 Å². The van der Waals surface area contributed by atoms with E-state index in [4.69, 9.17) is 14.7 Å². The number of carbonyl (C=O) groups excluding carboxylic acids is 3. The topological polar surface area (TPSA) is 160 Å². The number of anilines is 1. The van der Waals surface area contributed by atoms with Crippen molar-refractivity contribution in [3.8, 4) is 17.3 Å². The molecule has 3 heterocycles. The molecule has 280 valence electrons. The maximum Gasteiger partial charge on any atom is 0.259 e. The van der Waals surface area contributed by atoms with Crippen LogP contribution in [0.1, 0.15) is 57.8 Å². The van der Waals surface area contributed by atoms with Crippen LogP contribution in [-0.2, 0) is 24.4 Å². The third-order valence-electron chi connectivity index (χ3n) is 10.8. The average Bonchev–Trinajstić information content (AvgIpc) is 4.11. The summed E-state index contributed by atoms with van der Waals surface area (Å²) in [5, 5.41) is 6.48. The van der Waals surface area contributed by atoms with E-state index < -0.39 is 50.8 Å². The lowest BCUT2D eigenvalue weighted by atomic mass is 10.0. The van der Waals surface area contributed by atoms with Crippen LogP contribution in [-0.4, -0.2) is 76.5 Å². The molecule has 3 N–H and O–H groups in total. The summed E-state index contributed by atoms with van der Waals surface area (Å²) in [7, 11) is -3.86. The first-order valence-electron chi connectivity index (χ1n) is 18.9. The van der Waals surface area contributed by atoms with E-state index in [-0.39, 0.29) is 31.2 Å². The zero-order chi connectivity index (χ0) is 37.3. The molecule has 8 rings (SSSR count). The molecule has 0 unspecified atom stereocenters. The number of nitrogens with one attached hydrogen (secondary N) is 3. The fourth-order valence-corrected chi connectivity index (χ4v) is 8.96. The van der Waals surface area contributed by atoms with E-state index in [1.165, 1.54) is 0 Å². The van der Waals surface area contributed by atoms with Gasteiger partial charge in [0.05, 0.1) is 22.7 Å². The van der Waals surface area contributed by atoms with Crippen molar-refractivity contribution in [1.29, 1.82) is 0 Å². The molecule has 12 nitrogen and oxygen atoms in total. The fraction of sp³-hybridized carbons (Fsp3) is 0.390. The second-order valence-corrected chi connectivity index (χ2v) is 16.8. The van der Waals surface area contributed by atoms with Crippen LogP contribution in [0.3, 0.4) is 0 Å². The van der Waals surface area contributed by atoms with Gasteiger partial charge in [-0.25, -0.2) is 13.4 Å². The highest BCUT2D eigenvalue weighted by molar-refractivity contribution is 7.91. The first-order valence-corrected chi connectivity index (χ1v) is 20.4. The molecule has 2 aliphatic heterocycles. The molecule has 0 spiro atoms. The van der Waals surface area contributed by atoms with Crippen molar-refractivity contribution in [1.82, 2.24) is 24.9 Å². The van der Waals surface area contributed by atoms with E-state index >= 15 is 0 Å². The minimum absolute atomic E-state index is 0.0987. The van der Waals surface area contributed by atoms with Crippen LogP contribution in [0.2, 0.25) is 0 Å². The molecule has 2 saturated carbocycles. The van der Waals surface area contributed by atoms with Crippen LogP contribution in [0.4, 0.5) is 5.69 Å². The van der Waals surface area contributed by atoms with Crippen LogP contribution in [0.15, 0.2) is 97.1 Å². The zero-order valence-corrected chi connectivity index (χ0v) is 30.7. The zero-order valence-electron chi connectivity index (χ0n) is 29.9. The van der Waals surface area contributed by atoms with Gasteiger partial charge in [0.15, 0.2) is 5.82 Å². The lowest BCUT2D eigenvalue weighted by molar-refractivity contribution is -0.140. The van der Waals surface area contributed by atoms with Crippen molar-refractivity contribution in [3.63, 3.8) is 0 Å². The Bertz CT molecular complexity index is 2180. The lowest BCUT2D eigenvalue weighted by Crippen LogP contribution is -2.57. The number of rotatable bonds is 8. The third-order valence-corrected chi connectivity index (χ3v) is 12.7. The van der Waals surface area contributed by atoms with E-state index in [9.17, 15) is 22.8 Å². The molecule has 2 aliphatic carbocycles. The number of sulfonamides is 1. The Morgan fingerprint density at radius 1 is 0.889 bits per heavy atom. The van der Waals surface area contributed by atoms with Crippen molar-refractivity contribution in [2.75, 3.05) is 11.9 Å².